The van der Waals surface area contributed by atoms with Gasteiger partial charge in [0.2, 0.25) is 0 Å². The molecule has 0 spiro atoms. The van der Waals surface area contributed by atoms with Crippen LogP contribution in [0.15, 0.2) is 24.4 Å². The highest BCUT2D eigenvalue weighted by atomic mass is 35.5. The summed E-state index contributed by atoms with van der Waals surface area (Å²) in [4.78, 5) is 4.12. The summed E-state index contributed by atoms with van der Waals surface area (Å²) >= 11 is 5.82. The van der Waals surface area contributed by atoms with Crippen molar-refractivity contribution in [2.24, 2.45) is 0 Å². The Morgan fingerprint density at radius 1 is 1.30 bits per heavy atom. The van der Waals surface area contributed by atoms with Crippen molar-refractivity contribution < 1.29 is 4.74 Å². The lowest BCUT2D eigenvalue weighted by Gasteiger charge is -2.17. The van der Waals surface area contributed by atoms with Crippen molar-refractivity contribution in [3.05, 3.63) is 29.4 Å². The number of hydrogen-bond acceptors (Lipinski definition) is 4. The minimum Gasteiger partial charge on any atom is -0.396 e. The van der Waals surface area contributed by atoms with Gasteiger partial charge < -0.3 is 16.2 Å². The normalized spacial score (nSPS) is 18.4. The van der Waals surface area contributed by atoms with Crippen molar-refractivity contribution in [3.8, 4) is 0 Å². The first-order valence-electron chi connectivity index (χ1n) is 6.78. The summed E-state index contributed by atoms with van der Waals surface area (Å²) in [5.74, 6) is 0. The first-order chi connectivity index (χ1) is 9.58. The Bertz CT molecular complexity index is 577. The van der Waals surface area contributed by atoms with Gasteiger partial charge in [-0.25, -0.2) is 0 Å². The molecule has 0 saturated carbocycles. The highest BCUT2D eigenvalue weighted by molar-refractivity contribution is 6.31. The van der Waals surface area contributed by atoms with Gasteiger partial charge in [-0.1, -0.05) is 11.6 Å². The summed E-state index contributed by atoms with van der Waals surface area (Å²) in [7, 11) is 0. The summed E-state index contributed by atoms with van der Waals surface area (Å²) in [6.45, 7) is 3.13. The number of rotatable bonds is 0. The summed E-state index contributed by atoms with van der Waals surface area (Å²) in [6, 6.07) is 5.34. The van der Waals surface area contributed by atoms with Gasteiger partial charge in [-0.15, -0.1) is 0 Å². The topological polar surface area (TPSA) is 74.2 Å². The van der Waals surface area contributed by atoms with Crippen LogP contribution in [0.25, 0.3) is 10.9 Å². The molecule has 108 valence electrons. The molecule has 2 heterocycles. The Morgan fingerprint density at radius 2 is 2.10 bits per heavy atom. The molecule has 20 heavy (non-hydrogen) atoms. The summed E-state index contributed by atoms with van der Waals surface area (Å²) < 4.78 is 5.28. The predicted octanol–water partition coefficient (Wildman–Crippen LogP) is 3.63. The fourth-order valence-corrected chi connectivity index (χ4v) is 2.27. The molecular weight excluding hydrogens is 274 g/mol. The average molecular weight is 294 g/mol. The Morgan fingerprint density at radius 3 is 2.70 bits per heavy atom. The van der Waals surface area contributed by atoms with Crippen LogP contribution in [0, 0.1) is 0 Å². The minimum atomic E-state index is 0.481. The van der Waals surface area contributed by atoms with E-state index in [1.807, 2.05) is 6.07 Å². The van der Waals surface area contributed by atoms with E-state index in [-0.39, 0.29) is 0 Å². The smallest absolute Gasteiger partial charge is 0.0740 e. The molecule has 1 aliphatic rings. The molecule has 1 aromatic heterocycles. The highest BCUT2D eigenvalue weighted by Crippen LogP contribution is 2.26. The molecule has 4 N–H and O–H groups in total. The number of benzene rings is 1. The molecule has 0 radical (unpaired) electrons. The lowest BCUT2D eigenvalue weighted by Crippen LogP contribution is -2.14. The van der Waals surface area contributed by atoms with E-state index < -0.39 is 0 Å². The van der Waals surface area contributed by atoms with Crippen molar-refractivity contribution in [3.63, 3.8) is 0 Å². The van der Waals surface area contributed by atoms with Crippen molar-refractivity contribution in [1.82, 2.24) is 4.98 Å². The van der Waals surface area contributed by atoms with Crippen molar-refractivity contribution in [2.45, 2.75) is 32.3 Å². The van der Waals surface area contributed by atoms with Gasteiger partial charge >= 0.3 is 0 Å². The van der Waals surface area contributed by atoms with Gasteiger partial charge in [-0.3, -0.25) is 4.98 Å². The summed E-state index contributed by atoms with van der Waals surface area (Å²) in [5.41, 5.74) is 13.2. The molecule has 1 fully saturated rings. The number of halogens is 1. The maximum Gasteiger partial charge on any atom is 0.0740 e. The highest BCUT2D eigenvalue weighted by Gasteiger charge is 2.06. The molecule has 0 unspecified atom stereocenters. The van der Waals surface area contributed by atoms with E-state index in [9.17, 15) is 0 Å². The van der Waals surface area contributed by atoms with Gasteiger partial charge in [-0.05, 0) is 44.4 Å². The number of fused-ring (bicyclic) bond motifs is 1. The molecule has 4 nitrogen and oxygen atoms in total. The Hall–Kier alpha value is -1.52. The number of nitrogens with two attached hydrogens (primary N) is 2. The second-order valence-corrected chi connectivity index (χ2v) is 5.40. The molecule has 2 aromatic rings. The standard InChI is InChI=1S/C9H8ClN3.C6H12O/c10-5-1-2-8-6(3-5)9(12)7(11)4-13-8;1-6-4-2-3-5-7-6/h1-4H,11H2,(H2,12,13);6H,2-5H2,1H3/t;6-/m.1/s1. The number of nitrogen functional groups attached to an aromatic ring is 2. The van der Waals surface area contributed by atoms with Gasteiger partial charge in [0, 0.05) is 17.0 Å². The fourth-order valence-electron chi connectivity index (χ4n) is 2.10. The molecule has 0 aliphatic carbocycles. The van der Waals surface area contributed by atoms with Crippen molar-refractivity contribution in [1.29, 1.82) is 0 Å². The van der Waals surface area contributed by atoms with Crippen LogP contribution in [-0.2, 0) is 4.74 Å². The molecular formula is C15H20ClN3O. The second-order valence-electron chi connectivity index (χ2n) is 4.97. The maximum atomic E-state index is 5.82. The number of ether oxygens (including phenoxy) is 1. The lowest BCUT2D eigenvalue weighted by atomic mass is 10.1. The number of nitrogens with zero attached hydrogens (tertiary/aromatic N) is 1. The lowest BCUT2D eigenvalue weighted by molar-refractivity contribution is 0.0285. The van der Waals surface area contributed by atoms with Crippen molar-refractivity contribution >= 4 is 33.9 Å². The van der Waals surface area contributed by atoms with Crippen LogP contribution in [0.3, 0.4) is 0 Å². The number of hydrogen-bond donors (Lipinski definition) is 2. The largest absolute Gasteiger partial charge is 0.396 e. The van der Waals surface area contributed by atoms with E-state index in [4.69, 9.17) is 27.8 Å². The summed E-state index contributed by atoms with van der Waals surface area (Å²) in [6.07, 6.45) is 5.98. The van der Waals surface area contributed by atoms with Crippen LogP contribution in [0.2, 0.25) is 5.02 Å². The second kappa shape index (κ2) is 6.77. The Balaban J connectivity index is 0.000000178. The molecule has 0 bridgehead atoms. The Labute approximate surface area is 124 Å². The zero-order valence-electron chi connectivity index (χ0n) is 11.6. The first-order valence-corrected chi connectivity index (χ1v) is 7.16. The van der Waals surface area contributed by atoms with E-state index in [2.05, 4.69) is 11.9 Å². The van der Waals surface area contributed by atoms with Crippen molar-refractivity contribution in [2.75, 3.05) is 18.1 Å². The number of anilines is 2. The van der Waals surface area contributed by atoms with Gasteiger partial charge in [0.25, 0.3) is 0 Å². The SMILES string of the molecule is C[C@@H]1CCCCO1.Nc1cnc2ccc(Cl)cc2c1N. The molecule has 1 aliphatic heterocycles. The predicted molar refractivity (Wildman–Crippen MR) is 84.8 cm³/mol. The van der Waals surface area contributed by atoms with E-state index in [0.29, 0.717) is 22.5 Å². The Kier molecular flexibility index (Phi) is 5.04. The maximum absolute atomic E-state index is 5.82. The molecule has 1 saturated heterocycles. The quantitative estimate of drug-likeness (QED) is 0.778. The molecule has 5 heteroatoms. The van der Waals surface area contributed by atoms with Crippen LogP contribution in [0.5, 0.6) is 0 Å². The molecule has 0 amide bonds. The third-order valence-electron chi connectivity index (χ3n) is 3.31. The summed E-state index contributed by atoms with van der Waals surface area (Å²) in [5, 5.41) is 1.43. The zero-order chi connectivity index (χ0) is 14.5. The van der Waals surface area contributed by atoms with Crippen LogP contribution in [0.1, 0.15) is 26.2 Å². The van der Waals surface area contributed by atoms with Crippen LogP contribution >= 0.6 is 11.6 Å². The van der Waals surface area contributed by atoms with Crippen LogP contribution in [-0.4, -0.2) is 17.7 Å². The zero-order valence-corrected chi connectivity index (χ0v) is 12.4. The average Bonchev–Trinajstić information content (AvgIpc) is 2.45. The van der Waals surface area contributed by atoms with Gasteiger partial charge in [-0.2, -0.15) is 0 Å². The monoisotopic (exact) mass is 293 g/mol. The van der Waals surface area contributed by atoms with Crippen LogP contribution in [0.4, 0.5) is 11.4 Å². The van der Waals surface area contributed by atoms with Crippen LogP contribution < -0.4 is 11.5 Å². The third kappa shape index (κ3) is 3.74. The van der Waals surface area contributed by atoms with Gasteiger partial charge in [0.05, 0.1) is 29.2 Å². The van der Waals surface area contributed by atoms with E-state index >= 15 is 0 Å². The third-order valence-corrected chi connectivity index (χ3v) is 3.54. The minimum absolute atomic E-state index is 0.481. The van der Waals surface area contributed by atoms with E-state index in [0.717, 1.165) is 17.5 Å². The number of pyridine rings is 1. The number of aromatic nitrogens is 1. The van der Waals surface area contributed by atoms with E-state index in [1.54, 1.807) is 18.3 Å². The fraction of sp³-hybridized carbons (Fsp3) is 0.400. The molecule has 1 atom stereocenters. The van der Waals surface area contributed by atoms with Gasteiger partial charge in [0.15, 0.2) is 0 Å². The molecule has 3 rings (SSSR count). The van der Waals surface area contributed by atoms with Gasteiger partial charge in [0.1, 0.15) is 0 Å². The molecule has 1 aromatic carbocycles. The first kappa shape index (κ1) is 14.9. The van der Waals surface area contributed by atoms with E-state index in [1.165, 1.54) is 19.3 Å².